The van der Waals surface area contributed by atoms with E-state index in [2.05, 4.69) is 10.2 Å². The van der Waals surface area contributed by atoms with Gasteiger partial charge in [-0.05, 0) is 10.7 Å². The van der Waals surface area contributed by atoms with Crippen molar-refractivity contribution >= 4 is 11.8 Å². The number of rotatable bonds is 4. The third-order valence-corrected chi connectivity index (χ3v) is 2.63. The van der Waals surface area contributed by atoms with Crippen LogP contribution < -0.4 is 4.74 Å². The molecule has 1 heterocycles. The fourth-order valence-electron chi connectivity index (χ4n) is 1.62. The van der Waals surface area contributed by atoms with Crippen molar-refractivity contribution in [3.63, 3.8) is 0 Å². The second kappa shape index (κ2) is 6.42. The van der Waals surface area contributed by atoms with Gasteiger partial charge in [0, 0.05) is 25.9 Å². The van der Waals surface area contributed by atoms with Gasteiger partial charge >= 0.3 is 6.09 Å². The quantitative estimate of drug-likeness (QED) is 0.801. The zero-order valence-electron chi connectivity index (χ0n) is 10.9. The summed E-state index contributed by atoms with van der Waals surface area (Å²) in [6.45, 7) is 0.411. The molecule has 0 aliphatic rings. The monoisotopic (exact) mass is 271 g/mol. The van der Waals surface area contributed by atoms with Gasteiger partial charge in [0.1, 0.15) is 0 Å². The molecule has 0 aliphatic heterocycles. The molecule has 0 aliphatic carbocycles. The zero-order chi connectivity index (χ0) is 14.4. The molecule has 2 rings (SSSR count). The van der Waals surface area contributed by atoms with Crippen LogP contribution in [0.2, 0.25) is 0 Å². The van der Waals surface area contributed by atoms with Crippen LogP contribution in [0.5, 0.6) is 5.75 Å². The summed E-state index contributed by atoms with van der Waals surface area (Å²) < 4.78 is 5.12. The number of benzene rings is 1. The SMILES string of the molecule is CN(Cc1ccccc1)C(=O)Oc1ccncc1N=O. The van der Waals surface area contributed by atoms with E-state index in [0.29, 0.717) is 6.54 Å². The number of amides is 1. The standard InChI is InChI=1S/C14H13N3O3/c1-17(10-11-5-3-2-4-6-11)14(18)20-13-7-8-15-9-12(13)16-19/h2-9H,10H2,1H3. The van der Waals surface area contributed by atoms with E-state index in [0.717, 1.165) is 5.56 Å². The Kier molecular flexibility index (Phi) is 4.39. The predicted octanol–water partition coefficient (Wildman–Crippen LogP) is 3.11. The maximum atomic E-state index is 11.9. The van der Waals surface area contributed by atoms with E-state index < -0.39 is 6.09 Å². The average molecular weight is 271 g/mol. The molecular weight excluding hydrogens is 258 g/mol. The third-order valence-electron chi connectivity index (χ3n) is 2.63. The summed E-state index contributed by atoms with van der Waals surface area (Å²) in [6, 6.07) is 10.9. The Morgan fingerprint density at radius 3 is 2.75 bits per heavy atom. The number of nitroso groups, excluding NO2 is 1. The summed E-state index contributed by atoms with van der Waals surface area (Å²) in [7, 11) is 1.62. The molecule has 0 unspecified atom stereocenters. The fraction of sp³-hybridized carbons (Fsp3) is 0.143. The Morgan fingerprint density at radius 2 is 2.05 bits per heavy atom. The molecule has 0 fully saturated rings. The van der Waals surface area contributed by atoms with Crippen LogP contribution in [0, 0.1) is 4.91 Å². The minimum atomic E-state index is -0.565. The lowest BCUT2D eigenvalue weighted by Crippen LogP contribution is -2.29. The number of aromatic nitrogens is 1. The van der Waals surface area contributed by atoms with Crippen molar-refractivity contribution in [1.29, 1.82) is 0 Å². The van der Waals surface area contributed by atoms with Gasteiger partial charge in [-0.1, -0.05) is 30.3 Å². The van der Waals surface area contributed by atoms with E-state index in [4.69, 9.17) is 4.74 Å². The second-order valence-corrected chi connectivity index (χ2v) is 4.14. The minimum absolute atomic E-state index is 0.00559. The van der Waals surface area contributed by atoms with Crippen LogP contribution in [0.3, 0.4) is 0 Å². The molecule has 1 aromatic carbocycles. The lowest BCUT2D eigenvalue weighted by molar-refractivity contribution is 0.161. The Hall–Kier alpha value is -2.76. The molecule has 0 N–H and O–H groups in total. The topological polar surface area (TPSA) is 71.9 Å². The molecule has 20 heavy (non-hydrogen) atoms. The van der Waals surface area contributed by atoms with Gasteiger partial charge in [0.05, 0.1) is 6.20 Å². The first-order valence-corrected chi connectivity index (χ1v) is 5.95. The summed E-state index contributed by atoms with van der Waals surface area (Å²) in [5.74, 6) is 0.0971. The smallest absolute Gasteiger partial charge is 0.408 e. The maximum absolute atomic E-state index is 11.9. The summed E-state index contributed by atoms with van der Waals surface area (Å²) in [6.07, 6.45) is 2.10. The summed E-state index contributed by atoms with van der Waals surface area (Å²) >= 11 is 0. The zero-order valence-corrected chi connectivity index (χ0v) is 10.9. The van der Waals surface area contributed by atoms with E-state index in [-0.39, 0.29) is 11.4 Å². The number of nitrogens with zero attached hydrogens (tertiary/aromatic N) is 3. The molecule has 102 valence electrons. The van der Waals surface area contributed by atoms with Crippen LogP contribution in [-0.2, 0) is 6.54 Å². The van der Waals surface area contributed by atoms with Gasteiger partial charge in [0.25, 0.3) is 0 Å². The number of hydrogen-bond acceptors (Lipinski definition) is 5. The summed E-state index contributed by atoms with van der Waals surface area (Å²) in [5, 5.41) is 2.76. The lowest BCUT2D eigenvalue weighted by atomic mass is 10.2. The van der Waals surface area contributed by atoms with Gasteiger partial charge < -0.3 is 9.64 Å². The fourth-order valence-corrected chi connectivity index (χ4v) is 1.62. The van der Waals surface area contributed by atoms with Crippen LogP contribution in [-0.4, -0.2) is 23.0 Å². The number of pyridine rings is 1. The van der Waals surface area contributed by atoms with E-state index in [1.165, 1.54) is 23.4 Å². The molecule has 2 aromatic rings. The van der Waals surface area contributed by atoms with Crippen LogP contribution >= 0.6 is 0 Å². The van der Waals surface area contributed by atoms with Gasteiger partial charge in [-0.15, -0.1) is 4.91 Å². The number of hydrogen-bond donors (Lipinski definition) is 0. The van der Waals surface area contributed by atoms with E-state index in [1.807, 2.05) is 30.3 Å². The molecule has 0 bridgehead atoms. The number of ether oxygens (including phenoxy) is 1. The van der Waals surface area contributed by atoms with E-state index in [1.54, 1.807) is 7.05 Å². The first-order valence-electron chi connectivity index (χ1n) is 5.95. The molecule has 0 spiro atoms. The molecule has 6 heteroatoms. The summed E-state index contributed by atoms with van der Waals surface area (Å²) in [5.41, 5.74) is 0.976. The molecule has 0 atom stereocenters. The van der Waals surface area contributed by atoms with Crippen LogP contribution in [0.1, 0.15) is 5.56 Å². The van der Waals surface area contributed by atoms with Gasteiger partial charge in [-0.2, -0.15) is 0 Å². The van der Waals surface area contributed by atoms with Gasteiger partial charge in [-0.25, -0.2) is 4.79 Å². The largest absolute Gasteiger partial charge is 0.415 e. The molecule has 1 amide bonds. The van der Waals surface area contributed by atoms with Crippen molar-refractivity contribution in [2.45, 2.75) is 6.54 Å². The Bertz CT molecular complexity index is 602. The second-order valence-electron chi connectivity index (χ2n) is 4.14. The van der Waals surface area contributed by atoms with E-state index in [9.17, 15) is 9.70 Å². The maximum Gasteiger partial charge on any atom is 0.415 e. The van der Waals surface area contributed by atoms with Gasteiger partial charge in [0.15, 0.2) is 11.4 Å². The Balaban J connectivity index is 2.02. The van der Waals surface area contributed by atoms with Gasteiger partial charge in [0.2, 0.25) is 0 Å². The van der Waals surface area contributed by atoms with Crippen molar-refractivity contribution in [3.05, 3.63) is 59.3 Å². The summed E-state index contributed by atoms with van der Waals surface area (Å²) in [4.78, 5) is 27.6. The highest BCUT2D eigenvalue weighted by Gasteiger charge is 2.14. The molecule has 1 aromatic heterocycles. The van der Waals surface area contributed by atoms with Crippen molar-refractivity contribution in [2.24, 2.45) is 5.18 Å². The number of carbonyl (C=O) groups excluding carboxylic acids is 1. The molecule has 0 saturated heterocycles. The van der Waals surface area contributed by atoms with Crippen LogP contribution in [0.15, 0.2) is 54.0 Å². The van der Waals surface area contributed by atoms with Crippen LogP contribution in [0.25, 0.3) is 0 Å². The van der Waals surface area contributed by atoms with Crippen molar-refractivity contribution in [2.75, 3.05) is 7.05 Å². The average Bonchev–Trinajstić information content (AvgIpc) is 2.48. The van der Waals surface area contributed by atoms with E-state index >= 15 is 0 Å². The third kappa shape index (κ3) is 3.38. The highest BCUT2D eigenvalue weighted by Crippen LogP contribution is 2.25. The van der Waals surface area contributed by atoms with Crippen molar-refractivity contribution < 1.29 is 9.53 Å². The Labute approximate surface area is 116 Å². The first kappa shape index (κ1) is 13.7. The molecule has 6 nitrogen and oxygen atoms in total. The molecule has 0 radical (unpaired) electrons. The van der Waals surface area contributed by atoms with Crippen molar-refractivity contribution in [3.8, 4) is 5.75 Å². The van der Waals surface area contributed by atoms with Gasteiger partial charge in [-0.3, -0.25) is 4.98 Å². The first-order chi connectivity index (χ1) is 9.70. The highest BCUT2D eigenvalue weighted by molar-refractivity contribution is 5.72. The minimum Gasteiger partial charge on any atom is -0.408 e. The molecule has 0 saturated carbocycles. The van der Waals surface area contributed by atoms with Crippen LogP contribution in [0.4, 0.5) is 10.5 Å². The predicted molar refractivity (Wildman–Crippen MR) is 73.6 cm³/mol. The number of carbonyl (C=O) groups is 1. The normalized spacial score (nSPS) is 9.85. The molecular formula is C14H13N3O3. The highest BCUT2D eigenvalue weighted by atomic mass is 16.6. The Morgan fingerprint density at radius 1 is 1.30 bits per heavy atom. The van der Waals surface area contributed by atoms with Crippen molar-refractivity contribution in [1.82, 2.24) is 9.88 Å². The lowest BCUT2D eigenvalue weighted by Gasteiger charge is -2.17.